The van der Waals surface area contributed by atoms with E-state index in [1.54, 1.807) is 32.9 Å². The number of fused-ring (bicyclic) bond motifs is 1. The predicted molar refractivity (Wildman–Crippen MR) is 129 cm³/mol. The van der Waals surface area contributed by atoms with E-state index in [4.69, 9.17) is 4.74 Å². The minimum absolute atomic E-state index is 0.0329. The van der Waals surface area contributed by atoms with Crippen molar-refractivity contribution in [3.05, 3.63) is 35.6 Å². The van der Waals surface area contributed by atoms with Gasteiger partial charge in [0.05, 0.1) is 18.2 Å². The molecule has 9 nitrogen and oxygen atoms in total. The van der Waals surface area contributed by atoms with Gasteiger partial charge in [0, 0.05) is 25.0 Å². The summed E-state index contributed by atoms with van der Waals surface area (Å²) in [6.45, 7) is 7.60. The molecule has 2 aliphatic heterocycles. The molecule has 0 bridgehead atoms. The first kappa shape index (κ1) is 25.9. The quantitative estimate of drug-likeness (QED) is 0.596. The van der Waals surface area contributed by atoms with Crippen LogP contribution in [0, 0.1) is 23.1 Å². The molecule has 0 aromatic heterocycles. The van der Waals surface area contributed by atoms with E-state index in [1.807, 2.05) is 11.8 Å². The smallest absolute Gasteiger partial charge is 0.408 e. The number of nitrogens with zero attached hydrogens (tertiary/aromatic N) is 3. The fraction of sp³-hybridized carbons (Fsp3) is 0.615. The summed E-state index contributed by atoms with van der Waals surface area (Å²) in [4.78, 5) is 42.4. The lowest BCUT2D eigenvalue weighted by Crippen LogP contribution is -2.56. The number of hydrogen-bond acceptors (Lipinski definition) is 6. The summed E-state index contributed by atoms with van der Waals surface area (Å²) in [5, 5.41) is 15.3. The zero-order chi connectivity index (χ0) is 26.2. The number of nitrogens with one attached hydrogen (secondary N) is 2. The molecule has 1 saturated carbocycles. The molecule has 10 heteroatoms. The minimum atomic E-state index is -0.984. The van der Waals surface area contributed by atoms with Crippen molar-refractivity contribution in [2.24, 2.45) is 5.92 Å². The van der Waals surface area contributed by atoms with Gasteiger partial charge >= 0.3 is 6.09 Å². The Bertz CT molecular complexity index is 1050. The van der Waals surface area contributed by atoms with Crippen molar-refractivity contribution in [2.45, 2.75) is 82.8 Å². The largest absolute Gasteiger partial charge is 0.444 e. The highest BCUT2D eigenvalue weighted by atomic mass is 19.1. The molecule has 4 rings (SSSR count). The maximum Gasteiger partial charge on any atom is 0.408 e. The van der Waals surface area contributed by atoms with Crippen molar-refractivity contribution in [1.29, 1.82) is 5.26 Å². The average molecular weight is 500 g/mol. The van der Waals surface area contributed by atoms with Crippen LogP contribution >= 0.6 is 0 Å². The molecule has 2 heterocycles. The molecular weight excluding hydrogens is 465 g/mol. The Morgan fingerprint density at radius 2 is 1.97 bits per heavy atom. The molecule has 3 fully saturated rings. The molecule has 3 aliphatic rings. The van der Waals surface area contributed by atoms with Crippen LogP contribution in [0.15, 0.2) is 24.3 Å². The molecule has 1 aromatic carbocycles. The zero-order valence-corrected chi connectivity index (χ0v) is 21.2. The van der Waals surface area contributed by atoms with Gasteiger partial charge in [0.25, 0.3) is 0 Å². The number of amides is 3. The summed E-state index contributed by atoms with van der Waals surface area (Å²) in [5.41, 5.74) is 0.111. The number of piperidine rings is 1. The summed E-state index contributed by atoms with van der Waals surface area (Å²) in [6, 6.07) is 6.17. The number of nitriles is 1. The topological polar surface area (TPSA) is 115 Å². The van der Waals surface area contributed by atoms with Gasteiger partial charge in [-0.1, -0.05) is 12.1 Å². The lowest BCUT2D eigenvalue weighted by Gasteiger charge is -2.30. The average Bonchev–Trinajstić information content (AvgIpc) is 3.31. The molecule has 3 amide bonds. The van der Waals surface area contributed by atoms with Crippen molar-refractivity contribution < 1.29 is 23.5 Å². The molecule has 1 aromatic rings. The fourth-order valence-electron chi connectivity index (χ4n) is 5.26. The maximum atomic E-state index is 13.4. The zero-order valence-electron chi connectivity index (χ0n) is 21.2. The number of carbonyl (C=O) groups is 3. The third-order valence-electron chi connectivity index (χ3n) is 7.10. The predicted octanol–water partition coefficient (Wildman–Crippen LogP) is 2.48. The number of hydrogen-bond donors (Lipinski definition) is 2. The summed E-state index contributed by atoms with van der Waals surface area (Å²) in [6.07, 6.45) is 1.42. The summed E-state index contributed by atoms with van der Waals surface area (Å²) < 4.78 is 18.7. The van der Waals surface area contributed by atoms with E-state index < -0.39 is 29.8 Å². The third kappa shape index (κ3) is 5.46. The highest BCUT2D eigenvalue weighted by molar-refractivity contribution is 5.88. The van der Waals surface area contributed by atoms with Crippen LogP contribution < -0.4 is 10.6 Å². The second kappa shape index (κ2) is 10.1. The Morgan fingerprint density at radius 3 is 2.61 bits per heavy atom. The molecule has 0 spiro atoms. The first-order valence-electron chi connectivity index (χ1n) is 12.5. The van der Waals surface area contributed by atoms with Crippen LogP contribution in [-0.4, -0.2) is 70.6 Å². The van der Waals surface area contributed by atoms with Crippen molar-refractivity contribution in [3.63, 3.8) is 0 Å². The number of rotatable bonds is 7. The van der Waals surface area contributed by atoms with Crippen molar-refractivity contribution in [1.82, 2.24) is 20.4 Å². The SMILES string of the molecule is C[C@@H](c1ccc(F)cc1)N1C(=O)[C@@H](NCC(NC(=O)OC(C)(C)C)C(=O)N2CCCC2C#N)[C@@H]2C[C@H]21. The summed E-state index contributed by atoms with van der Waals surface area (Å²) in [7, 11) is 0. The van der Waals surface area contributed by atoms with Crippen LogP contribution in [0.2, 0.25) is 0 Å². The fourth-order valence-corrected chi connectivity index (χ4v) is 5.26. The Balaban J connectivity index is 1.44. The van der Waals surface area contributed by atoms with E-state index in [-0.39, 0.29) is 42.2 Å². The van der Waals surface area contributed by atoms with E-state index in [0.717, 1.165) is 18.4 Å². The molecule has 2 unspecified atom stereocenters. The second-order valence-corrected chi connectivity index (χ2v) is 10.8. The Hall–Kier alpha value is -3.19. The lowest BCUT2D eigenvalue weighted by molar-refractivity contribution is -0.135. The Labute approximate surface area is 210 Å². The van der Waals surface area contributed by atoms with E-state index >= 15 is 0 Å². The Kier molecular flexibility index (Phi) is 7.23. The number of ether oxygens (including phenoxy) is 1. The number of benzene rings is 1. The molecule has 2 saturated heterocycles. The standard InChI is InChI=1S/C26H34FN5O4/c1-15(16-7-9-17(27)10-8-16)32-21-12-19(21)22(24(32)34)29-14-20(30-25(35)36-26(2,3)4)23(33)31-11-5-6-18(31)13-28/h7-10,15,18-22,29H,5-6,11-12,14H2,1-4H3,(H,30,35)/t15-,18?,19+,20?,21+,22-/m0/s1. The van der Waals surface area contributed by atoms with Crippen molar-refractivity contribution in [3.8, 4) is 6.07 Å². The second-order valence-electron chi connectivity index (χ2n) is 10.8. The maximum absolute atomic E-state index is 13.4. The Morgan fingerprint density at radius 1 is 1.28 bits per heavy atom. The molecule has 36 heavy (non-hydrogen) atoms. The number of carbonyl (C=O) groups excluding carboxylic acids is 3. The van der Waals surface area contributed by atoms with E-state index in [9.17, 15) is 24.0 Å². The van der Waals surface area contributed by atoms with E-state index in [0.29, 0.717) is 13.0 Å². The summed E-state index contributed by atoms with van der Waals surface area (Å²) in [5.74, 6) is -0.664. The van der Waals surface area contributed by atoms with Crippen LogP contribution in [0.4, 0.5) is 9.18 Å². The van der Waals surface area contributed by atoms with Gasteiger partial charge in [0.15, 0.2) is 0 Å². The molecular formula is C26H34FN5O4. The van der Waals surface area contributed by atoms with Crippen LogP contribution in [0.5, 0.6) is 0 Å². The van der Waals surface area contributed by atoms with Gasteiger partial charge in [-0.25, -0.2) is 9.18 Å². The molecule has 194 valence electrons. The number of likely N-dealkylation sites (tertiary alicyclic amines) is 2. The van der Waals surface area contributed by atoms with E-state index in [2.05, 4.69) is 16.7 Å². The monoisotopic (exact) mass is 499 g/mol. The van der Waals surface area contributed by atoms with Gasteiger partial charge in [0.1, 0.15) is 23.5 Å². The van der Waals surface area contributed by atoms with Crippen molar-refractivity contribution in [2.75, 3.05) is 13.1 Å². The van der Waals surface area contributed by atoms with Gasteiger partial charge in [-0.3, -0.25) is 9.59 Å². The molecule has 2 N–H and O–H groups in total. The normalized spacial score (nSPS) is 26.7. The van der Waals surface area contributed by atoms with Crippen LogP contribution in [0.25, 0.3) is 0 Å². The lowest BCUT2D eigenvalue weighted by atomic mass is 10.1. The first-order valence-corrected chi connectivity index (χ1v) is 12.5. The highest BCUT2D eigenvalue weighted by Gasteiger charge is 2.59. The van der Waals surface area contributed by atoms with Crippen LogP contribution in [0.1, 0.15) is 58.6 Å². The minimum Gasteiger partial charge on any atom is -0.444 e. The van der Waals surface area contributed by atoms with Gasteiger partial charge in [-0.15, -0.1) is 0 Å². The number of alkyl carbamates (subject to hydrolysis) is 1. The molecule has 0 radical (unpaired) electrons. The van der Waals surface area contributed by atoms with Crippen LogP contribution in [-0.2, 0) is 14.3 Å². The third-order valence-corrected chi connectivity index (χ3v) is 7.10. The molecule has 6 atom stereocenters. The van der Waals surface area contributed by atoms with Gasteiger partial charge in [0.2, 0.25) is 11.8 Å². The van der Waals surface area contributed by atoms with E-state index in [1.165, 1.54) is 17.0 Å². The van der Waals surface area contributed by atoms with Gasteiger partial charge in [-0.2, -0.15) is 5.26 Å². The number of halogens is 1. The van der Waals surface area contributed by atoms with Crippen molar-refractivity contribution >= 4 is 17.9 Å². The van der Waals surface area contributed by atoms with Gasteiger partial charge in [-0.05, 0) is 64.7 Å². The van der Waals surface area contributed by atoms with Gasteiger partial charge < -0.3 is 25.2 Å². The highest BCUT2D eigenvalue weighted by Crippen LogP contribution is 2.49. The van der Waals surface area contributed by atoms with Crippen LogP contribution in [0.3, 0.4) is 0 Å². The summed E-state index contributed by atoms with van der Waals surface area (Å²) >= 11 is 0. The molecule has 1 aliphatic carbocycles. The first-order chi connectivity index (χ1) is 17.0.